The lowest BCUT2D eigenvalue weighted by Crippen LogP contribution is -2.62. The Kier molecular flexibility index (Phi) is 5.16. The van der Waals surface area contributed by atoms with Crippen LogP contribution in [0.5, 0.6) is 0 Å². The zero-order valence-electron chi connectivity index (χ0n) is 16.2. The van der Waals surface area contributed by atoms with E-state index in [1.807, 2.05) is 0 Å². The Morgan fingerprint density at radius 2 is 2.20 bits per heavy atom. The highest BCUT2D eigenvalue weighted by Crippen LogP contribution is 2.26. The number of nitrogens with zero attached hydrogens (tertiary/aromatic N) is 4. The molecule has 3 heterocycles. The molecule has 156 valence electrons. The number of Topliss-reactive ketones (excluding diaryl/α,β-unsaturated/α-hetero) is 1. The number of aromatic nitrogens is 2. The Bertz CT molecular complexity index is 1050. The van der Waals surface area contributed by atoms with Gasteiger partial charge in [0.25, 0.3) is 17.6 Å². The van der Waals surface area contributed by atoms with Gasteiger partial charge in [0.2, 0.25) is 0 Å². The van der Waals surface area contributed by atoms with Crippen molar-refractivity contribution in [2.75, 3.05) is 13.2 Å². The summed E-state index contributed by atoms with van der Waals surface area (Å²) in [7, 11) is 0. The van der Waals surface area contributed by atoms with E-state index in [9.17, 15) is 18.8 Å². The Labute approximate surface area is 175 Å². The van der Waals surface area contributed by atoms with Crippen LogP contribution in [0, 0.1) is 5.82 Å². The van der Waals surface area contributed by atoms with Crippen LogP contribution in [0.1, 0.15) is 19.4 Å². The number of ketones is 1. The first kappa shape index (κ1) is 20.2. The molecule has 0 spiro atoms. The highest BCUT2D eigenvalue weighted by molar-refractivity contribution is 7.03. The molecule has 1 N–H and O–H groups in total. The maximum Gasteiger partial charge on any atom is 0.298 e. The molecule has 2 aliphatic heterocycles. The summed E-state index contributed by atoms with van der Waals surface area (Å²) in [6.45, 7) is 3.94. The molecule has 1 atom stereocenters. The fraction of sp³-hybridized carbons (Fsp3) is 0.368. The molecule has 0 radical (unpaired) electrons. The van der Waals surface area contributed by atoms with E-state index in [1.54, 1.807) is 19.2 Å². The van der Waals surface area contributed by atoms with Crippen LogP contribution in [0.25, 0.3) is 11.3 Å². The van der Waals surface area contributed by atoms with Crippen molar-refractivity contribution in [3.8, 4) is 11.3 Å². The molecule has 1 saturated heterocycles. The van der Waals surface area contributed by atoms with Crippen LogP contribution in [0.4, 0.5) is 4.39 Å². The topological polar surface area (TPSA) is 114 Å². The van der Waals surface area contributed by atoms with Gasteiger partial charge in [-0.05, 0) is 43.1 Å². The lowest BCUT2D eigenvalue weighted by Gasteiger charge is -2.41. The number of fused-ring (bicyclic) bond motifs is 1. The van der Waals surface area contributed by atoms with Gasteiger partial charge in [-0.2, -0.15) is 0 Å². The van der Waals surface area contributed by atoms with Crippen molar-refractivity contribution < 1.29 is 23.5 Å². The molecule has 30 heavy (non-hydrogen) atoms. The zero-order chi connectivity index (χ0) is 21.5. The number of carbonyl (C=O) groups is 3. The number of rotatable bonds is 4. The highest BCUT2D eigenvalue weighted by Gasteiger charge is 2.47. The quantitative estimate of drug-likeness (QED) is 0.570. The molecule has 1 aromatic carbocycles. The van der Waals surface area contributed by atoms with E-state index in [0.29, 0.717) is 16.8 Å². The fourth-order valence-corrected chi connectivity index (χ4v) is 3.88. The minimum atomic E-state index is -1.49. The van der Waals surface area contributed by atoms with E-state index < -0.39 is 35.1 Å². The molecule has 0 aliphatic carbocycles. The highest BCUT2D eigenvalue weighted by atomic mass is 32.1. The third-order valence-corrected chi connectivity index (χ3v) is 5.44. The van der Waals surface area contributed by atoms with Crippen molar-refractivity contribution in [3.05, 3.63) is 35.0 Å². The molecule has 1 aromatic heterocycles. The monoisotopic (exact) mass is 431 g/mol. The number of aliphatic imine (C=N–C) groups is 1. The summed E-state index contributed by atoms with van der Waals surface area (Å²) >= 11 is 1.12. The number of amides is 2. The third-order valence-electron chi connectivity index (χ3n) is 4.94. The number of ether oxygens (including phenoxy) is 1. The van der Waals surface area contributed by atoms with Crippen LogP contribution in [-0.2, 0) is 25.7 Å². The van der Waals surface area contributed by atoms with Gasteiger partial charge < -0.3 is 10.1 Å². The van der Waals surface area contributed by atoms with Crippen molar-refractivity contribution in [3.63, 3.8) is 0 Å². The Morgan fingerprint density at radius 1 is 1.40 bits per heavy atom. The smallest absolute Gasteiger partial charge is 0.298 e. The molecule has 9 nitrogen and oxygen atoms in total. The molecule has 11 heteroatoms. The third kappa shape index (κ3) is 3.61. The lowest BCUT2D eigenvalue weighted by molar-refractivity contribution is -0.148. The minimum absolute atomic E-state index is 0.00158. The molecule has 1 fully saturated rings. The van der Waals surface area contributed by atoms with Crippen LogP contribution in [0.2, 0.25) is 0 Å². The van der Waals surface area contributed by atoms with Gasteiger partial charge in [-0.3, -0.25) is 19.3 Å². The molecule has 0 saturated carbocycles. The summed E-state index contributed by atoms with van der Waals surface area (Å²) in [6.07, 6.45) is 0. The number of morpholine rings is 1. The zero-order valence-corrected chi connectivity index (χ0v) is 17.0. The molecule has 1 unspecified atom stereocenters. The Balaban J connectivity index is 1.56. The van der Waals surface area contributed by atoms with Gasteiger partial charge in [0.1, 0.15) is 22.9 Å². The van der Waals surface area contributed by atoms with E-state index >= 15 is 0 Å². The number of hydrogen-bond donors (Lipinski definition) is 1. The molecule has 2 aromatic rings. The first-order chi connectivity index (χ1) is 14.3. The summed E-state index contributed by atoms with van der Waals surface area (Å²) in [5.41, 5.74) is 0.649. The number of carbonyl (C=O) groups excluding carboxylic acids is 3. The number of hydrogen-bond acceptors (Lipinski definition) is 8. The normalized spacial score (nSPS) is 20.6. The first-order valence-electron chi connectivity index (χ1n) is 9.19. The van der Waals surface area contributed by atoms with Gasteiger partial charge in [0, 0.05) is 17.5 Å². The van der Waals surface area contributed by atoms with Gasteiger partial charge in [0.05, 0.1) is 13.2 Å². The summed E-state index contributed by atoms with van der Waals surface area (Å²) in [6, 6.07) is 2.59. The predicted molar refractivity (Wildman–Crippen MR) is 105 cm³/mol. The molecule has 0 bridgehead atoms. The second-order valence-corrected chi connectivity index (χ2v) is 7.95. The Hall–Kier alpha value is -3.05. The van der Waals surface area contributed by atoms with E-state index in [1.165, 1.54) is 23.1 Å². The summed E-state index contributed by atoms with van der Waals surface area (Å²) < 4.78 is 23.1. The van der Waals surface area contributed by atoms with Gasteiger partial charge in [-0.15, -0.1) is 5.10 Å². The number of amidine groups is 1. The van der Waals surface area contributed by atoms with Crippen molar-refractivity contribution in [2.45, 2.75) is 32.0 Å². The van der Waals surface area contributed by atoms with Gasteiger partial charge >= 0.3 is 0 Å². The molecular weight excluding hydrogens is 413 g/mol. The average Bonchev–Trinajstić information content (AvgIpc) is 3.24. The fourth-order valence-electron chi connectivity index (χ4n) is 3.42. The van der Waals surface area contributed by atoms with Crippen molar-refractivity contribution in [1.29, 1.82) is 0 Å². The summed E-state index contributed by atoms with van der Waals surface area (Å²) in [5, 5.41) is 8.22. The van der Waals surface area contributed by atoms with Crippen molar-refractivity contribution >= 4 is 35.0 Å². The van der Waals surface area contributed by atoms with Crippen LogP contribution >= 0.6 is 11.5 Å². The maximum atomic E-state index is 13.7. The van der Waals surface area contributed by atoms with Crippen LogP contribution in [0.15, 0.2) is 28.6 Å². The Morgan fingerprint density at radius 3 is 2.93 bits per heavy atom. The maximum absolute atomic E-state index is 13.7. The lowest BCUT2D eigenvalue weighted by atomic mass is 9.99. The molecular formula is C19H18FN5O4S. The standard InChI is InChI=1S/C19H18FN5O4S/c1-19(2)18-22-14(15(26)17(28)25(18)5-6-29-19)16(27)21-8-10-3-4-11(20)7-12(10)13-9-30-24-23-13/h3-4,7,9,14H,5-6,8H2,1-2H3,(H,21,27). The van der Waals surface area contributed by atoms with E-state index in [4.69, 9.17) is 4.74 Å². The molecule has 4 rings (SSSR count). The summed E-state index contributed by atoms with van der Waals surface area (Å²) in [4.78, 5) is 43.2. The van der Waals surface area contributed by atoms with Crippen LogP contribution in [0.3, 0.4) is 0 Å². The van der Waals surface area contributed by atoms with Crippen molar-refractivity contribution in [2.24, 2.45) is 4.99 Å². The SMILES string of the molecule is CC1(C)OCCN2C(=O)C(=O)C(C(=O)NCc3ccc(F)cc3-c3csnn3)N=C21. The second-order valence-electron chi connectivity index (χ2n) is 7.34. The number of halogens is 1. The van der Waals surface area contributed by atoms with E-state index in [-0.39, 0.29) is 25.5 Å². The second kappa shape index (κ2) is 7.65. The minimum Gasteiger partial charge on any atom is -0.366 e. The van der Waals surface area contributed by atoms with Gasteiger partial charge in [-0.25, -0.2) is 9.38 Å². The van der Waals surface area contributed by atoms with Gasteiger partial charge in [-0.1, -0.05) is 10.6 Å². The van der Waals surface area contributed by atoms with Crippen LogP contribution < -0.4 is 5.32 Å². The van der Waals surface area contributed by atoms with Crippen LogP contribution in [-0.4, -0.2) is 62.7 Å². The number of nitrogens with one attached hydrogen (secondary N) is 1. The average molecular weight is 431 g/mol. The molecule has 2 aliphatic rings. The van der Waals surface area contributed by atoms with Crippen molar-refractivity contribution in [1.82, 2.24) is 19.8 Å². The van der Waals surface area contributed by atoms with Gasteiger partial charge in [0.15, 0.2) is 6.04 Å². The van der Waals surface area contributed by atoms with E-state index in [0.717, 1.165) is 11.5 Å². The predicted octanol–water partition coefficient (Wildman–Crippen LogP) is 0.948. The summed E-state index contributed by atoms with van der Waals surface area (Å²) in [5.74, 6) is -2.57. The largest absolute Gasteiger partial charge is 0.366 e. The number of benzene rings is 1. The first-order valence-corrected chi connectivity index (χ1v) is 10.0. The molecule has 2 amide bonds. The van der Waals surface area contributed by atoms with E-state index in [2.05, 4.69) is 19.9 Å².